The second-order valence-corrected chi connectivity index (χ2v) is 4.05. The van der Waals surface area contributed by atoms with Gasteiger partial charge in [-0.3, -0.25) is 4.79 Å². The van der Waals surface area contributed by atoms with Crippen molar-refractivity contribution in [3.05, 3.63) is 35.9 Å². The number of hydrogen-bond acceptors (Lipinski definition) is 4. The molecule has 4 nitrogen and oxygen atoms in total. The Labute approximate surface area is 102 Å². The molecule has 0 heterocycles. The first kappa shape index (κ1) is 13.7. The fraction of sp³-hybridized carbons (Fsp3) is 0.462. The normalized spacial score (nSPS) is 14.1. The zero-order chi connectivity index (χ0) is 12.7. The highest BCUT2D eigenvalue weighted by Gasteiger charge is 2.22. The predicted molar refractivity (Wildman–Crippen MR) is 65.5 cm³/mol. The second kappa shape index (κ2) is 6.37. The quantitative estimate of drug-likeness (QED) is 0.726. The van der Waals surface area contributed by atoms with Gasteiger partial charge in [-0.2, -0.15) is 0 Å². The minimum Gasteiger partial charge on any atom is -0.465 e. The van der Waals surface area contributed by atoms with E-state index in [1.807, 2.05) is 30.3 Å². The average molecular weight is 237 g/mol. The molecule has 0 fully saturated rings. The van der Waals surface area contributed by atoms with Gasteiger partial charge in [-0.25, -0.2) is 0 Å². The van der Waals surface area contributed by atoms with Gasteiger partial charge < -0.3 is 15.2 Å². The lowest BCUT2D eigenvalue weighted by Crippen LogP contribution is -2.38. The third-order valence-corrected chi connectivity index (χ3v) is 2.44. The minimum atomic E-state index is -0.992. The third-order valence-electron chi connectivity index (χ3n) is 2.44. The van der Waals surface area contributed by atoms with Crippen LogP contribution in [0.3, 0.4) is 0 Å². The molecule has 0 saturated heterocycles. The van der Waals surface area contributed by atoms with E-state index in [2.05, 4.69) is 5.32 Å². The molecule has 1 unspecified atom stereocenters. The van der Waals surface area contributed by atoms with Gasteiger partial charge in [0.2, 0.25) is 0 Å². The van der Waals surface area contributed by atoms with Crippen LogP contribution in [0.5, 0.6) is 0 Å². The summed E-state index contributed by atoms with van der Waals surface area (Å²) in [5.41, 5.74) is -0.176. The smallest absolute Gasteiger partial charge is 0.319 e. The van der Waals surface area contributed by atoms with Crippen LogP contribution < -0.4 is 5.32 Å². The monoisotopic (exact) mass is 237 g/mol. The fourth-order valence-electron chi connectivity index (χ4n) is 1.52. The van der Waals surface area contributed by atoms with Gasteiger partial charge in [-0.15, -0.1) is 0 Å². The summed E-state index contributed by atoms with van der Waals surface area (Å²) in [4.78, 5) is 11.1. The van der Waals surface area contributed by atoms with Crippen LogP contribution in [-0.2, 0) is 15.1 Å². The molecule has 0 aliphatic carbocycles. The summed E-state index contributed by atoms with van der Waals surface area (Å²) >= 11 is 0. The number of nitrogens with one attached hydrogen (secondary N) is 1. The van der Waals surface area contributed by atoms with Crippen LogP contribution in [0, 0.1) is 0 Å². The summed E-state index contributed by atoms with van der Waals surface area (Å²) in [5, 5.41) is 13.1. The summed E-state index contributed by atoms with van der Waals surface area (Å²) in [6, 6.07) is 9.34. The van der Waals surface area contributed by atoms with E-state index in [0.717, 1.165) is 5.56 Å². The molecule has 1 aromatic rings. The standard InChI is InChI=1S/C13H19NO3/c1-3-17-12(15)9-14-10-13(2,16)11-7-5-4-6-8-11/h4-8,14,16H,3,9-10H2,1-2H3. The SMILES string of the molecule is CCOC(=O)CNCC(C)(O)c1ccccc1. The molecule has 1 atom stereocenters. The summed E-state index contributed by atoms with van der Waals surface area (Å²) in [6.45, 7) is 4.25. The topological polar surface area (TPSA) is 58.6 Å². The maximum absolute atomic E-state index is 11.1. The van der Waals surface area contributed by atoms with Crippen molar-refractivity contribution in [1.29, 1.82) is 0 Å². The second-order valence-electron chi connectivity index (χ2n) is 4.05. The van der Waals surface area contributed by atoms with Crippen molar-refractivity contribution in [1.82, 2.24) is 5.32 Å². The molecule has 0 saturated carbocycles. The molecule has 0 spiro atoms. The van der Waals surface area contributed by atoms with E-state index < -0.39 is 5.60 Å². The number of aliphatic hydroxyl groups is 1. The van der Waals surface area contributed by atoms with Crippen molar-refractivity contribution >= 4 is 5.97 Å². The molecule has 1 aromatic carbocycles. The molecule has 0 bridgehead atoms. The third kappa shape index (κ3) is 4.54. The molecule has 94 valence electrons. The highest BCUT2D eigenvalue weighted by molar-refractivity contribution is 5.71. The molecule has 0 aromatic heterocycles. The Balaban J connectivity index is 2.43. The van der Waals surface area contributed by atoms with Gasteiger partial charge in [0, 0.05) is 6.54 Å². The molecule has 0 aliphatic rings. The zero-order valence-corrected chi connectivity index (χ0v) is 10.3. The van der Waals surface area contributed by atoms with E-state index in [4.69, 9.17) is 4.74 Å². The van der Waals surface area contributed by atoms with Crippen LogP contribution >= 0.6 is 0 Å². The lowest BCUT2D eigenvalue weighted by molar-refractivity contribution is -0.142. The van der Waals surface area contributed by atoms with Crippen LogP contribution in [0.2, 0.25) is 0 Å². The van der Waals surface area contributed by atoms with Crippen molar-refractivity contribution in [3.63, 3.8) is 0 Å². The Hall–Kier alpha value is -1.39. The van der Waals surface area contributed by atoms with E-state index in [1.165, 1.54) is 0 Å². The number of esters is 1. The Kier molecular flexibility index (Phi) is 5.12. The van der Waals surface area contributed by atoms with E-state index in [1.54, 1.807) is 13.8 Å². The Morgan fingerprint density at radius 2 is 2.06 bits per heavy atom. The molecule has 0 radical (unpaired) electrons. The van der Waals surface area contributed by atoms with Crippen LogP contribution in [0.4, 0.5) is 0 Å². The van der Waals surface area contributed by atoms with E-state index in [0.29, 0.717) is 13.2 Å². The lowest BCUT2D eigenvalue weighted by atomic mass is 9.96. The number of hydrogen-bond donors (Lipinski definition) is 2. The molecule has 1 rings (SSSR count). The van der Waals surface area contributed by atoms with Gasteiger partial charge >= 0.3 is 5.97 Å². The van der Waals surface area contributed by atoms with Gasteiger partial charge in [0.1, 0.15) is 0 Å². The average Bonchev–Trinajstić information content (AvgIpc) is 2.30. The number of rotatable bonds is 6. The first-order chi connectivity index (χ1) is 8.06. The van der Waals surface area contributed by atoms with Crippen molar-refractivity contribution in [3.8, 4) is 0 Å². The molecule has 4 heteroatoms. The van der Waals surface area contributed by atoms with Gasteiger partial charge in [0.15, 0.2) is 0 Å². The minimum absolute atomic E-state index is 0.108. The molecule has 0 aliphatic heterocycles. The van der Waals surface area contributed by atoms with Crippen LogP contribution in [0.25, 0.3) is 0 Å². The zero-order valence-electron chi connectivity index (χ0n) is 10.3. The van der Waals surface area contributed by atoms with Gasteiger partial charge in [0.25, 0.3) is 0 Å². The molecule has 17 heavy (non-hydrogen) atoms. The Morgan fingerprint density at radius 3 is 2.65 bits per heavy atom. The Bertz CT molecular complexity index is 349. The number of ether oxygens (including phenoxy) is 1. The fourth-order valence-corrected chi connectivity index (χ4v) is 1.52. The first-order valence-corrected chi connectivity index (χ1v) is 5.70. The molecule has 2 N–H and O–H groups in total. The van der Waals surface area contributed by atoms with E-state index in [9.17, 15) is 9.90 Å². The van der Waals surface area contributed by atoms with Gasteiger partial charge in [0.05, 0.1) is 18.8 Å². The summed E-state index contributed by atoms with van der Waals surface area (Å²) in [7, 11) is 0. The van der Waals surface area contributed by atoms with Crippen LogP contribution in [-0.4, -0.2) is 30.8 Å². The highest BCUT2D eigenvalue weighted by atomic mass is 16.5. The van der Waals surface area contributed by atoms with Crippen molar-refractivity contribution < 1.29 is 14.6 Å². The van der Waals surface area contributed by atoms with Crippen LogP contribution in [0.1, 0.15) is 19.4 Å². The molecule has 0 amide bonds. The van der Waals surface area contributed by atoms with E-state index in [-0.39, 0.29) is 12.5 Å². The maximum Gasteiger partial charge on any atom is 0.319 e. The summed E-state index contributed by atoms with van der Waals surface area (Å²) in [5.74, 6) is -0.309. The van der Waals surface area contributed by atoms with Gasteiger partial charge in [-0.1, -0.05) is 30.3 Å². The molecular formula is C13H19NO3. The van der Waals surface area contributed by atoms with Crippen LogP contribution in [0.15, 0.2) is 30.3 Å². The predicted octanol–water partition coefficient (Wildman–Crippen LogP) is 1.05. The maximum atomic E-state index is 11.1. The lowest BCUT2D eigenvalue weighted by Gasteiger charge is -2.24. The molecular weight excluding hydrogens is 218 g/mol. The van der Waals surface area contributed by atoms with Crippen molar-refractivity contribution in [2.24, 2.45) is 0 Å². The number of benzene rings is 1. The van der Waals surface area contributed by atoms with E-state index >= 15 is 0 Å². The van der Waals surface area contributed by atoms with Gasteiger partial charge in [-0.05, 0) is 19.4 Å². The summed E-state index contributed by atoms with van der Waals surface area (Å²) < 4.78 is 4.78. The highest BCUT2D eigenvalue weighted by Crippen LogP contribution is 2.18. The van der Waals surface area contributed by atoms with Crippen molar-refractivity contribution in [2.75, 3.05) is 19.7 Å². The summed E-state index contributed by atoms with van der Waals surface area (Å²) in [6.07, 6.45) is 0. The van der Waals surface area contributed by atoms with Crippen molar-refractivity contribution in [2.45, 2.75) is 19.4 Å². The number of carbonyl (C=O) groups excluding carboxylic acids is 1. The Morgan fingerprint density at radius 1 is 1.41 bits per heavy atom. The number of carbonyl (C=O) groups is 1. The first-order valence-electron chi connectivity index (χ1n) is 5.70. The largest absolute Gasteiger partial charge is 0.465 e.